The number of alkyl halides is 5. The number of rotatable bonds is 8. The molecule has 2 aromatic carbocycles. The van der Waals surface area contributed by atoms with Gasteiger partial charge in [0.2, 0.25) is 0 Å². The number of halogens is 5. The van der Waals surface area contributed by atoms with Crippen molar-refractivity contribution in [1.82, 2.24) is 30.6 Å². The van der Waals surface area contributed by atoms with Gasteiger partial charge in [-0.25, -0.2) is 14.9 Å². The average molecular weight is 506 g/mol. The summed E-state index contributed by atoms with van der Waals surface area (Å²) in [5, 5.41) is 23.0. The Bertz CT molecular complexity index is 1350. The first-order valence-corrected chi connectivity index (χ1v) is 10.7. The van der Waals surface area contributed by atoms with Crippen LogP contribution < -0.4 is 0 Å². The van der Waals surface area contributed by atoms with E-state index >= 15 is 0 Å². The maximum Gasteiger partial charge on any atom is 0.454 e. The lowest BCUT2D eigenvalue weighted by molar-refractivity contribution is -0.287. The molecule has 0 radical (unpaired) electrons. The fourth-order valence-electron chi connectivity index (χ4n) is 3.94. The normalized spacial score (nSPS) is 13.1. The number of hydrogen-bond donors (Lipinski definition) is 3. The lowest BCUT2D eigenvalue weighted by Crippen LogP contribution is -2.43. The van der Waals surface area contributed by atoms with E-state index in [1.165, 1.54) is 12.1 Å². The number of nitrogens with zero attached hydrogens (tertiary/aromatic N) is 4. The number of carbonyl (C=O) groups is 1. The van der Waals surface area contributed by atoms with E-state index in [1.807, 2.05) is 0 Å². The highest BCUT2D eigenvalue weighted by molar-refractivity contribution is 5.87. The van der Waals surface area contributed by atoms with Crippen LogP contribution in [0.1, 0.15) is 46.8 Å². The maximum atomic E-state index is 14.9. The van der Waals surface area contributed by atoms with Crippen LogP contribution in [-0.4, -0.2) is 53.8 Å². The SMILES string of the molecule is CCCc1nc(C(c2ccc(-c3ccccc3-c3nnn[nH]3)cc2)C(F)(F)C(F)(F)F)c(C(=O)O)[nH]1. The lowest BCUT2D eigenvalue weighted by atomic mass is 9.86. The molecule has 0 spiro atoms. The molecule has 1 atom stereocenters. The summed E-state index contributed by atoms with van der Waals surface area (Å²) in [5.41, 5.74) is -0.465. The van der Waals surface area contributed by atoms with Crippen LogP contribution in [0.15, 0.2) is 48.5 Å². The number of hydrogen-bond acceptors (Lipinski definition) is 5. The van der Waals surface area contributed by atoms with Crippen molar-refractivity contribution < 1.29 is 31.9 Å². The maximum absolute atomic E-state index is 14.9. The number of H-pyrrole nitrogens is 2. The Balaban J connectivity index is 1.84. The first-order valence-electron chi connectivity index (χ1n) is 10.7. The highest BCUT2D eigenvalue weighted by Crippen LogP contribution is 2.49. The van der Waals surface area contributed by atoms with E-state index in [1.54, 1.807) is 31.2 Å². The van der Waals surface area contributed by atoms with Crippen LogP contribution in [0.25, 0.3) is 22.5 Å². The highest BCUT2D eigenvalue weighted by Gasteiger charge is 2.64. The molecule has 8 nitrogen and oxygen atoms in total. The predicted molar refractivity (Wildman–Crippen MR) is 117 cm³/mol. The summed E-state index contributed by atoms with van der Waals surface area (Å²) in [6, 6.07) is 11.8. The van der Waals surface area contributed by atoms with Gasteiger partial charge in [0.05, 0.1) is 5.69 Å². The van der Waals surface area contributed by atoms with Gasteiger partial charge in [-0.3, -0.25) is 0 Å². The Kier molecular flexibility index (Phi) is 6.57. The first-order chi connectivity index (χ1) is 17.0. The molecule has 0 aliphatic rings. The molecule has 2 aromatic heterocycles. The van der Waals surface area contributed by atoms with Crippen molar-refractivity contribution in [1.29, 1.82) is 0 Å². The third-order valence-corrected chi connectivity index (χ3v) is 5.58. The molecule has 4 aromatic rings. The molecule has 0 aliphatic heterocycles. The van der Waals surface area contributed by atoms with Crippen molar-refractivity contribution in [2.24, 2.45) is 0 Å². The second-order valence-electron chi connectivity index (χ2n) is 7.97. The third kappa shape index (κ3) is 4.55. The molecule has 1 unspecified atom stereocenters. The summed E-state index contributed by atoms with van der Waals surface area (Å²) < 4.78 is 70.4. The number of tetrazole rings is 1. The van der Waals surface area contributed by atoms with E-state index in [9.17, 15) is 31.9 Å². The molecule has 36 heavy (non-hydrogen) atoms. The van der Waals surface area contributed by atoms with E-state index in [0.717, 1.165) is 12.1 Å². The molecular formula is C23H19F5N6O2. The topological polar surface area (TPSA) is 120 Å². The number of aromatic carboxylic acids is 1. The molecule has 0 fully saturated rings. The number of benzene rings is 2. The van der Waals surface area contributed by atoms with Crippen molar-refractivity contribution >= 4 is 5.97 Å². The quantitative estimate of drug-likeness (QED) is 0.281. The van der Waals surface area contributed by atoms with Crippen molar-refractivity contribution in [3.05, 3.63) is 71.3 Å². The number of carboxylic acid groups (broad SMARTS) is 1. The monoisotopic (exact) mass is 506 g/mol. The Labute approximate surface area is 200 Å². The van der Waals surface area contributed by atoms with Crippen molar-refractivity contribution in [2.45, 2.75) is 37.8 Å². The smallest absolute Gasteiger partial charge is 0.454 e. The van der Waals surface area contributed by atoms with Crippen LogP contribution in [0.3, 0.4) is 0 Å². The zero-order valence-corrected chi connectivity index (χ0v) is 18.6. The molecule has 3 N–H and O–H groups in total. The van der Waals surface area contributed by atoms with Gasteiger partial charge in [0, 0.05) is 12.0 Å². The van der Waals surface area contributed by atoms with Gasteiger partial charge < -0.3 is 10.1 Å². The number of imidazole rings is 1. The fourth-order valence-corrected chi connectivity index (χ4v) is 3.94. The van der Waals surface area contributed by atoms with E-state index in [4.69, 9.17) is 0 Å². The van der Waals surface area contributed by atoms with Crippen molar-refractivity contribution in [3.63, 3.8) is 0 Å². The van der Waals surface area contributed by atoms with Crippen molar-refractivity contribution in [3.8, 4) is 22.5 Å². The molecule has 0 amide bonds. The number of aromatic nitrogens is 6. The number of aryl methyl sites for hydroxylation is 1. The fraction of sp³-hybridized carbons (Fsp3) is 0.261. The zero-order chi connectivity index (χ0) is 26.1. The standard InChI is InChI=1S/C23H19F5N6O2/c1-2-5-16-29-18(19(30-16)21(35)36)17(22(24,25)23(26,27)28)13-10-8-12(9-11-13)14-6-3-4-7-15(14)20-31-33-34-32-20/h3-4,6-11,17H,2,5H2,1H3,(H,29,30)(H,35,36)(H,31,32,33,34). The molecule has 0 saturated heterocycles. The Hall–Kier alpha value is -4.16. The molecule has 13 heteroatoms. The minimum absolute atomic E-state index is 0.0130. The van der Waals surface area contributed by atoms with Gasteiger partial charge in [-0.2, -0.15) is 22.0 Å². The molecule has 188 valence electrons. The third-order valence-electron chi connectivity index (χ3n) is 5.58. The summed E-state index contributed by atoms with van der Waals surface area (Å²) in [6.45, 7) is 1.73. The van der Waals surface area contributed by atoms with Gasteiger partial charge in [-0.15, -0.1) is 5.10 Å². The Morgan fingerprint density at radius 2 is 1.69 bits per heavy atom. The molecule has 2 heterocycles. The molecule has 0 bridgehead atoms. The zero-order valence-electron chi connectivity index (χ0n) is 18.6. The lowest BCUT2D eigenvalue weighted by Gasteiger charge is -2.28. The van der Waals surface area contributed by atoms with E-state index in [2.05, 4.69) is 30.6 Å². The second kappa shape index (κ2) is 9.47. The highest BCUT2D eigenvalue weighted by atomic mass is 19.4. The first kappa shape index (κ1) is 24.9. The summed E-state index contributed by atoms with van der Waals surface area (Å²) >= 11 is 0. The van der Waals surface area contributed by atoms with E-state index in [0.29, 0.717) is 28.9 Å². The number of carboxylic acids is 1. The van der Waals surface area contributed by atoms with Crippen LogP contribution in [-0.2, 0) is 6.42 Å². The van der Waals surface area contributed by atoms with Gasteiger partial charge in [0.25, 0.3) is 0 Å². The number of aromatic amines is 2. The van der Waals surface area contributed by atoms with Crippen LogP contribution in [0.2, 0.25) is 0 Å². The summed E-state index contributed by atoms with van der Waals surface area (Å²) in [5.74, 6) is -9.33. The summed E-state index contributed by atoms with van der Waals surface area (Å²) in [6.07, 6.45) is -5.31. The van der Waals surface area contributed by atoms with E-state index in [-0.39, 0.29) is 12.2 Å². The van der Waals surface area contributed by atoms with Gasteiger partial charge >= 0.3 is 18.1 Å². The summed E-state index contributed by atoms with van der Waals surface area (Å²) in [7, 11) is 0. The largest absolute Gasteiger partial charge is 0.477 e. The summed E-state index contributed by atoms with van der Waals surface area (Å²) in [4.78, 5) is 18.0. The Morgan fingerprint density at radius 3 is 2.25 bits per heavy atom. The van der Waals surface area contributed by atoms with Gasteiger partial charge in [-0.1, -0.05) is 55.5 Å². The van der Waals surface area contributed by atoms with Gasteiger partial charge in [0.1, 0.15) is 17.4 Å². The predicted octanol–water partition coefficient (Wildman–Crippen LogP) is 5.24. The molecule has 0 saturated carbocycles. The van der Waals surface area contributed by atoms with Gasteiger partial charge in [-0.05, 0) is 33.5 Å². The van der Waals surface area contributed by atoms with E-state index < -0.39 is 40.9 Å². The van der Waals surface area contributed by atoms with Crippen LogP contribution in [0.5, 0.6) is 0 Å². The van der Waals surface area contributed by atoms with Gasteiger partial charge in [0.15, 0.2) is 5.82 Å². The number of nitrogens with one attached hydrogen (secondary N) is 2. The molecule has 0 aliphatic carbocycles. The molecule has 4 rings (SSSR count). The van der Waals surface area contributed by atoms with Crippen LogP contribution in [0, 0.1) is 0 Å². The average Bonchev–Trinajstić information content (AvgIpc) is 3.50. The molecular weight excluding hydrogens is 487 g/mol. The van der Waals surface area contributed by atoms with Crippen LogP contribution in [0.4, 0.5) is 22.0 Å². The Morgan fingerprint density at radius 1 is 1.03 bits per heavy atom. The van der Waals surface area contributed by atoms with Crippen LogP contribution >= 0.6 is 0 Å². The minimum Gasteiger partial charge on any atom is -0.477 e. The second-order valence-corrected chi connectivity index (χ2v) is 7.97. The van der Waals surface area contributed by atoms with Crippen molar-refractivity contribution in [2.75, 3.05) is 0 Å². The minimum atomic E-state index is -5.96.